The highest BCUT2D eigenvalue weighted by Crippen LogP contribution is 2.15. The topological polar surface area (TPSA) is 71.7 Å². The first kappa shape index (κ1) is 21.4. The lowest BCUT2D eigenvalue weighted by molar-refractivity contribution is 0.306. The van der Waals surface area contributed by atoms with E-state index >= 15 is 0 Å². The van der Waals surface area contributed by atoms with E-state index in [0.29, 0.717) is 19.1 Å². The van der Waals surface area contributed by atoms with E-state index < -0.39 is 0 Å². The molecular weight excluding hydrogens is 376 g/mol. The second-order valence-electron chi connectivity index (χ2n) is 7.39. The minimum atomic E-state index is 0.357. The molecule has 6 heteroatoms. The molecule has 6 nitrogen and oxygen atoms in total. The molecule has 3 rings (SSSR count). The molecule has 0 radical (unpaired) electrons. The quantitative estimate of drug-likeness (QED) is 0.410. The Labute approximate surface area is 178 Å². The fraction of sp³-hybridized carbons (Fsp3) is 0.333. The maximum atomic E-state index is 5.84. The number of hydrogen-bond donors (Lipinski definition) is 2. The monoisotopic (exact) mass is 406 g/mol. The van der Waals surface area contributed by atoms with E-state index in [1.165, 1.54) is 5.56 Å². The molecule has 0 aliphatic heterocycles. The first-order chi connectivity index (χ1) is 14.6. The van der Waals surface area contributed by atoms with E-state index in [1.807, 2.05) is 36.4 Å². The minimum Gasteiger partial charge on any atom is -0.489 e. The molecule has 1 heterocycles. The fourth-order valence-corrected chi connectivity index (χ4v) is 2.89. The van der Waals surface area contributed by atoms with Crippen molar-refractivity contribution < 1.29 is 9.26 Å². The summed E-state index contributed by atoms with van der Waals surface area (Å²) in [7, 11) is 1.76. The molecule has 2 N–H and O–H groups in total. The van der Waals surface area contributed by atoms with Crippen molar-refractivity contribution in [2.24, 2.45) is 4.99 Å². The van der Waals surface area contributed by atoms with Crippen LogP contribution in [0.2, 0.25) is 0 Å². The predicted molar refractivity (Wildman–Crippen MR) is 120 cm³/mol. The maximum Gasteiger partial charge on any atom is 0.191 e. The normalized spacial score (nSPS) is 11.5. The number of aromatic nitrogens is 1. The Bertz CT molecular complexity index is 918. The predicted octanol–water partition coefficient (Wildman–Crippen LogP) is 4.28. The third-order valence-corrected chi connectivity index (χ3v) is 4.70. The lowest BCUT2D eigenvalue weighted by Gasteiger charge is -2.11. The Morgan fingerprint density at radius 1 is 1.03 bits per heavy atom. The minimum absolute atomic E-state index is 0.357. The van der Waals surface area contributed by atoms with Gasteiger partial charge in [-0.1, -0.05) is 61.5 Å². The van der Waals surface area contributed by atoms with Gasteiger partial charge in [0.25, 0.3) is 0 Å². The highest BCUT2D eigenvalue weighted by molar-refractivity contribution is 5.79. The number of ether oxygens (including phenoxy) is 1. The van der Waals surface area contributed by atoms with Gasteiger partial charge in [-0.3, -0.25) is 4.99 Å². The van der Waals surface area contributed by atoms with Crippen LogP contribution in [0.4, 0.5) is 0 Å². The number of nitrogens with zero attached hydrogens (tertiary/aromatic N) is 2. The first-order valence-electron chi connectivity index (χ1n) is 10.3. The van der Waals surface area contributed by atoms with Crippen molar-refractivity contribution in [1.29, 1.82) is 0 Å². The molecule has 30 heavy (non-hydrogen) atoms. The van der Waals surface area contributed by atoms with Crippen LogP contribution in [0.25, 0.3) is 0 Å². The summed E-state index contributed by atoms with van der Waals surface area (Å²) in [6, 6.07) is 20.4. The maximum absolute atomic E-state index is 5.84. The summed E-state index contributed by atoms with van der Waals surface area (Å²) < 4.78 is 11.2. The Morgan fingerprint density at radius 3 is 2.47 bits per heavy atom. The van der Waals surface area contributed by atoms with Gasteiger partial charge in [-0.2, -0.15) is 0 Å². The molecule has 0 saturated heterocycles. The van der Waals surface area contributed by atoms with Gasteiger partial charge in [-0.25, -0.2) is 0 Å². The molecule has 0 atom stereocenters. The van der Waals surface area contributed by atoms with Gasteiger partial charge in [-0.15, -0.1) is 0 Å². The summed E-state index contributed by atoms with van der Waals surface area (Å²) in [6.07, 6.45) is 0.888. The third-order valence-electron chi connectivity index (χ3n) is 4.70. The van der Waals surface area contributed by atoms with Crippen LogP contribution in [0.5, 0.6) is 5.75 Å². The van der Waals surface area contributed by atoms with Crippen LogP contribution in [-0.2, 0) is 19.6 Å². The van der Waals surface area contributed by atoms with Gasteiger partial charge in [0.05, 0.1) is 12.2 Å². The Morgan fingerprint density at radius 2 is 1.80 bits per heavy atom. The average molecular weight is 407 g/mol. The van der Waals surface area contributed by atoms with Gasteiger partial charge in [0.2, 0.25) is 0 Å². The molecule has 3 aromatic rings. The second kappa shape index (κ2) is 11.0. The van der Waals surface area contributed by atoms with E-state index in [9.17, 15) is 0 Å². The molecule has 2 aromatic carbocycles. The second-order valence-corrected chi connectivity index (χ2v) is 7.39. The molecule has 158 valence electrons. The van der Waals surface area contributed by atoms with Crippen molar-refractivity contribution in [3.63, 3.8) is 0 Å². The first-order valence-corrected chi connectivity index (χ1v) is 10.3. The molecule has 0 spiro atoms. The van der Waals surface area contributed by atoms with Crippen molar-refractivity contribution >= 4 is 5.96 Å². The van der Waals surface area contributed by atoms with E-state index in [4.69, 9.17) is 9.26 Å². The number of benzene rings is 2. The highest BCUT2D eigenvalue weighted by Gasteiger charge is 2.08. The van der Waals surface area contributed by atoms with Gasteiger partial charge in [0, 0.05) is 19.7 Å². The largest absolute Gasteiger partial charge is 0.489 e. The molecule has 0 amide bonds. The summed E-state index contributed by atoms with van der Waals surface area (Å²) in [4.78, 5) is 4.26. The van der Waals surface area contributed by atoms with Crippen LogP contribution >= 0.6 is 0 Å². The van der Waals surface area contributed by atoms with Crippen molar-refractivity contribution in [2.45, 2.75) is 39.3 Å². The van der Waals surface area contributed by atoms with Crippen molar-refractivity contribution in [1.82, 2.24) is 15.8 Å². The number of hydrogen-bond acceptors (Lipinski definition) is 4. The van der Waals surface area contributed by atoms with Crippen LogP contribution in [0.15, 0.2) is 70.2 Å². The van der Waals surface area contributed by atoms with Crippen LogP contribution in [0.3, 0.4) is 0 Å². The highest BCUT2D eigenvalue weighted by atomic mass is 16.5. The molecule has 0 aliphatic rings. The summed E-state index contributed by atoms with van der Waals surface area (Å²) in [5.41, 5.74) is 3.36. The van der Waals surface area contributed by atoms with Crippen LogP contribution in [0.1, 0.15) is 42.3 Å². The van der Waals surface area contributed by atoms with Crippen molar-refractivity contribution in [2.75, 3.05) is 13.6 Å². The smallest absolute Gasteiger partial charge is 0.191 e. The number of guanidine groups is 1. The molecule has 0 bridgehead atoms. The van der Waals surface area contributed by atoms with Gasteiger partial charge in [0.1, 0.15) is 12.4 Å². The molecule has 0 unspecified atom stereocenters. The van der Waals surface area contributed by atoms with E-state index in [1.54, 1.807) is 7.05 Å². The average Bonchev–Trinajstić information content (AvgIpc) is 3.26. The zero-order valence-electron chi connectivity index (χ0n) is 17.9. The SMILES string of the molecule is CN=C(NCCc1ccc(OCc2ccccc2)cc1)NCc1cc(C(C)C)no1. The van der Waals surface area contributed by atoms with Gasteiger partial charge in [0.15, 0.2) is 11.7 Å². The lowest BCUT2D eigenvalue weighted by atomic mass is 10.1. The number of aliphatic imine (C=N–C) groups is 1. The summed E-state index contributed by atoms with van der Waals surface area (Å²) in [5.74, 6) is 2.77. The van der Waals surface area contributed by atoms with Crippen molar-refractivity contribution in [3.8, 4) is 5.75 Å². The van der Waals surface area contributed by atoms with Gasteiger partial charge < -0.3 is 19.9 Å². The molecule has 1 aromatic heterocycles. The zero-order chi connectivity index (χ0) is 21.2. The van der Waals surface area contributed by atoms with Crippen molar-refractivity contribution in [3.05, 3.63) is 83.2 Å². The van der Waals surface area contributed by atoms with Crippen LogP contribution in [0, 0.1) is 0 Å². The molecule has 0 fully saturated rings. The Hall–Kier alpha value is -3.28. The zero-order valence-corrected chi connectivity index (χ0v) is 17.9. The Balaban J connectivity index is 1.38. The number of nitrogens with one attached hydrogen (secondary N) is 2. The van der Waals surface area contributed by atoms with E-state index in [0.717, 1.165) is 41.7 Å². The van der Waals surface area contributed by atoms with E-state index in [2.05, 4.69) is 58.9 Å². The molecule has 0 saturated carbocycles. The summed E-state index contributed by atoms with van der Waals surface area (Å²) in [6.45, 7) is 6.09. The summed E-state index contributed by atoms with van der Waals surface area (Å²) >= 11 is 0. The summed E-state index contributed by atoms with van der Waals surface area (Å²) in [5, 5.41) is 10.6. The molecule has 0 aliphatic carbocycles. The molecular formula is C24H30N4O2. The lowest BCUT2D eigenvalue weighted by Crippen LogP contribution is -2.37. The van der Waals surface area contributed by atoms with Crippen LogP contribution in [-0.4, -0.2) is 24.7 Å². The third kappa shape index (κ3) is 6.65. The van der Waals surface area contributed by atoms with Gasteiger partial charge >= 0.3 is 0 Å². The van der Waals surface area contributed by atoms with Crippen LogP contribution < -0.4 is 15.4 Å². The van der Waals surface area contributed by atoms with Gasteiger partial charge in [-0.05, 0) is 35.6 Å². The van der Waals surface area contributed by atoms with E-state index in [-0.39, 0.29) is 0 Å². The standard InChI is InChI=1S/C24H30N4O2/c1-18(2)23-15-22(30-28-23)16-27-24(25-3)26-14-13-19-9-11-21(12-10-19)29-17-20-7-5-4-6-8-20/h4-12,15,18H,13-14,16-17H2,1-3H3,(H2,25,26,27). The Kier molecular flexibility index (Phi) is 7.89. The number of rotatable bonds is 9. The fourth-order valence-electron chi connectivity index (χ4n) is 2.89.